The molecule has 0 spiro atoms. The van der Waals surface area contributed by atoms with Crippen molar-refractivity contribution in [1.82, 2.24) is 15.3 Å². The van der Waals surface area contributed by atoms with Crippen LogP contribution in [-0.2, 0) is 6.42 Å². The molecule has 0 aliphatic carbocycles. The van der Waals surface area contributed by atoms with Crippen molar-refractivity contribution in [2.45, 2.75) is 6.42 Å². The zero-order chi connectivity index (χ0) is 25.1. The predicted octanol–water partition coefficient (Wildman–Crippen LogP) is 4.96. The number of hydrogen-bond donors (Lipinski definition) is 4. The average molecular weight is 479 g/mol. The molecule has 5 rings (SSSR count). The molecule has 1 amide bonds. The lowest BCUT2D eigenvalue weighted by atomic mass is 9.96. The van der Waals surface area contributed by atoms with Gasteiger partial charge in [-0.2, -0.15) is 0 Å². The summed E-state index contributed by atoms with van der Waals surface area (Å²) in [5, 5.41) is 4.11. The number of methoxy groups -OCH3 is 1. The van der Waals surface area contributed by atoms with Crippen molar-refractivity contribution in [2.75, 3.05) is 19.4 Å². The summed E-state index contributed by atoms with van der Waals surface area (Å²) in [6, 6.07) is 24.1. The summed E-state index contributed by atoms with van der Waals surface area (Å²) in [4.78, 5) is 33.0. The third-order valence-corrected chi connectivity index (χ3v) is 6.25. The van der Waals surface area contributed by atoms with Gasteiger partial charge in [-0.05, 0) is 35.7 Å². The van der Waals surface area contributed by atoms with Crippen LogP contribution in [0.3, 0.4) is 0 Å². The molecule has 0 bridgehead atoms. The fourth-order valence-corrected chi connectivity index (χ4v) is 4.44. The first-order valence-electron chi connectivity index (χ1n) is 11.7. The minimum atomic E-state index is -0.346. The zero-order valence-corrected chi connectivity index (χ0v) is 19.8. The number of benzene rings is 3. The lowest BCUT2D eigenvalue weighted by molar-refractivity contribution is 0.0955. The smallest absolute Gasteiger partial charge is 0.255 e. The van der Waals surface area contributed by atoms with E-state index in [4.69, 9.17) is 10.5 Å². The summed E-state index contributed by atoms with van der Waals surface area (Å²) in [6.07, 6.45) is 2.61. The van der Waals surface area contributed by atoms with E-state index in [0.29, 0.717) is 35.4 Å². The first kappa shape index (κ1) is 23.0. The summed E-state index contributed by atoms with van der Waals surface area (Å²) < 4.78 is 5.27. The van der Waals surface area contributed by atoms with Crippen LogP contribution in [0.25, 0.3) is 22.0 Å². The molecule has 3 aromatic carbocycles. The van der Waals surface area contributed by atoms with Crippen LogP contribution < -0.4 is 15.8 Å². The van der Waals surface area contributed by atoms with Gasteiger partial charge in [0, 0.05) is 34.8 Å². The summed E-state index contributed by atoms with van der Waals surface area (Å²) in [6.45, 7) is 0.412. The average Bonchev–Trinajstić information content (AvgIpc) is 3.49. The maximum absolute atomic E-state index is 13.4. The van der Waals surface area contributed by atoms with Crippen molar-refractivity contribution >= 4 is 28.4 Å². The topological polar surface area (TPSA) is 113 Å². The molecule has 0 atom stereocenters. The molecule has 0 saturated heterocycles. The highest BCUT2D eigenvalue weighted by molar-refractivity contribution is 6.17. The highest BCUT2D eigenvalue weighted by Crippen LogP contribution is 2.34. The van der Waals surface area contributed by atoms with Crippen LogP contribution in [0.4, 0.5) is 5.82 Å². The van der Waals surface area contributed by atoms with E-state index in [2.05, 4.69) is 21.4 Å². The normalized spacial score (nSPS) is 10.9. The van der Waals surface area contributed by atoms with Crippen LogP contribution in [0, 0.1) is 0 Å². The Bertz CT molecular complexity index is 1530. The molecule has 5 aromatic rings. The monoisotopic (exact) mass is 478 g/mol. The number of ether oxygens (including phenoxy) is 1. The van der Waals surface area contributed by atoms with Gasteiger partial charge in [0.1, 0.15) is 11.6 Å². The van der Waals surface area contributed by atoms with E-state index in [9.17, 15) is 9.59 Å². The number of nitrogens with two attached hydrogens (primary N) is 1. The molecular formula is C29H26N4O3. The van der Waals surface area contributed by atoms with Crippen molar-refractivity contribution in [3.05, 3.63) is 107 Å². The largest absolute Gasteiger partial charge is 0.497 e. The number of aromatic nitrogens is 2. The summed E-state index contributed by atoms with van der Waals surface area (Å²) >= 11 is 0. The van der Waals surface area contributed by atoms with Crippen LogP contribution in [-0.4, -0.2) is 35.3 Å². The van der Waals surface area contributed by atoms with Gasteiger partial charge in [-0.25, -0.2) is 0 Å². The van der Waals surface area contributed by atoms with E-state index >= 15 is 0 Å². The standard InChI is InChI=1S/C29H26N4O3/c1-36-21-13-11-18(12-14-21)24-25(28(30)33-26(24)27(34)19-7-3-2-4-8-19)29(35)31-16-15-20-17-32-23-10-6-5-9-22(20)23/h2-14,17,32-33H,15-16,30H2,1H3,(H,31,35). The Kier molecular flexibility index (Phi) is 6.28. The third kappa shape index (κ3) is 4.34. The summed E-state index contributed by atoms with van der Waals surface area (Å²) in [7, 11) is 1.58. The van der Waals surface area contributed by atoms with Gasteiger partial charge in [0.15, 0.2) is 0 Å². The van der Waals surface area contributed by atoms with Crippen molar-refractivity contribution < 1.29 is 14.3 Å². The van der Waals surface area contributed by atoms with E-state index < -0.39 is 0 Å². The zero-order valence-electron chi connectivity index (χ0n) is 19.8. The van der Waals surface area contributed by atoms with Gasteiger partial charge in [-0.1, -0.05) is 60.7 Å². The molecule has 7 heteroatoms. The number of rotatable bonds is 8. The van der Waals surface area contributed by atoms with Crippen molar-refractivity contribution in [3.8, 4) is 16.9 Å². The number of amides is 1. The molecule has 0 saturated carbocycles. The Morgan fingerprint density at radius 1 is 0.944 bits per heavy atom. The SMILES string of the molecule is COc1ccc(-c2c(C(=O)c3ccccc3)[nH]c(N)c2C(=O)NCCc2c[nH]c3ccccc23)cc1. The van der Waals surface area contributed by atoms with E-state index in [1.54, 1.807) is 43.5 Å². The molecule has 2 aromatic heterocycles. The van der Waals surface area contributed by atoms with Gasteiger partial charge in [0.2, 0.25) is 5.78 Å². The Hall–Kier alpha value is -4.78. The Morgan fingerprint density at radius 3 is 2.42 bits per heavy atom. The fraction of sp³-hybridized carbons (Fsp3) is 0.103. The Labute approximate surface area is 208 Å². The second-order valence-electron chi connectivity index (χ2n) is 8.45. The van der Waals surface area contributed by atoms with Gasteiger partial charge in [0.25, 0.3) is 5.91 Å². The molecule has 36 heavy (non-hydrogen) atoms. The predicted molar refractivity (Wildman–Crippen MR) is 141 cm³/mol. The van der Waals surface area contributed by atoms with Gasteiger partial charge < -0.3 is 25.8 Å². The number of nitrogens with one attached hydrogen (secondary N) is 3. The van der Waals surface area contributed by atoms with Gasteiger partial charge in [-0.15, -0.1) is 0 Å². The summed E-state index contributed by atoms with van der Waals surface area (Å²) in [5.74, 6) is 0.222. The van der Waals surface area contributed by atoms with Crippen molar-refractivity contribution in [3.63, 3.8) is 0 Å². The second-order valence-corrected chi connectivity index (χ2v) is 8.45. The van der Waals surface area contributed by atoms with Crippen LogP contribution >= 0.6 is 0 Å². The quantitative estimate of drug-likeness (QED) is 0.236. The van der Waals surface area contributed by atoms with Gasteiger partial charge in [0.05, 0.1) is 18.4 Å². The molecule has 0 fully saturated rings. The van der Waals surface area contributed by atoms with Crippen molar-refractivity contribution in [2.24, 2.45) is 0 Å². The number of hydrogen-bond acceptors (Lipinski definition) is 4. The van der Waals surface area contributed by atoms with Gasteiger partial charge in [-0.3, -0.25) is 9.59 Å². The highest BCUT2D eigenvalue weighted by Gasteiger charge is 2.27. The lowest BCUT2D eigenvalue weighted by Gasteiger charge is -2.10. The number of carbonyl (C=O) groups excluding carboxylic acids is 2. The number of fused-ring (bicyclic) bond motifs is 1. The number of nitrogen functional groups attached to an aromatic ring is 1. The third-order valence-electron chi connectivity index (χ3n) is 6.25. The summed E-state index contributed by atoms with van der Waals surface area (Å²) in [5.41, 5.74) is 10.6. The molecule has 180 valence electrons. The Morgan fingerprint density at radius 2 is 1.67 bits per heavy atom. The molecule has 2 heterocycles. The molecule has 5 N–H and O–H groups in total. The van der Waals surface area contributed by atoms with Crippen LogP contribution in [0.5, 0.6) is 5.75 Å². The number of H-pyrrole nitrogens is 2. The minimum absolute atomic E-state index is 0.143. The van der Waals surface area contributed by atoms with Gasteiger partial charge >= 0.3 is 0 Å². The molecule has 0 radical (unpaired) electrons. The van der Waals surface area contributed by atoms with E-state index in [1.807, 2.05) is 42.6 Å². The molecule has 0 unspecified atom stereocenters. The van der Waals surface area contributed by atoms with E-state index in [-0.39, 0.29) is 28.8 Å². The first-order valence-corrected chi connectivity index (χ1v) is 11.7. The number of para-hydroxylation sites is 1. The molecule has 0 aliphatic rings. The fourth-order valence-electron chi connectivity index (χ4n) is 4.44. The van der Waals surface area contributed by atoms with E-state index in [1.165, 1.54) is 0 Å². The number of ketones is 1. The van der Waals surface area contributed by atoms with Crippen LogP contribution in [0.2, 0.25) is 0 Å². The number of carbonyl (C=O) groups is 2. The van der Waals surface area contributed by atoms with Crippen molar-refractivity contribution in [1.29, 1.82) is 0 Å². The second kappa shape index (κ2) is 9.84. The lowest BCUT2D eigenvalue weighted by Crippen LogP contribution is -2.26. The van der Waals surface area contributed by atoms with E-state index in [0.717, 1.165) is 16.5 Å². The maximum Gasteiger partial charge on any atom is 0.255 e. The highest BCUT2D eigenvalue weighted by atomic mass is 16.5. The molecule has 7 nitrogen and oxygen atoms in total. The minimum Gasteiger partial charge on any atom is -0.497 e. The number of anilines is 1. The number of aromatic amines is 2. The van der Waals surface area contributed by atoms with Crippen LogP contribution in [0.15, 0.2) is 85.1 Å². The van der Waals surface area contributed by atoms with Crippen LogP contribution in [0.1, 0.15) is 32.0 Å². The maximum atomic E-state index is 13.4. The molecular weight excluding hydrogens is 452 g/mol. The Balaban J connectivity index is 1.47. The molecule has 0 aliphatic heterocycles. The first-order chi connectivity index (χ1) is 17.6.